The summed E-state index contributed by atoms with van der Waals surface area (Å²) in [6.45, 7) is 2.95. The molecule has 5 nitrogen and oxygen atoms in total. The summed E-state index contributed by atoms with van der Waals surface area (Å²) in [5, 5.41) is 2.97. The van der Waals surface area contributed by atoms with Gasteiger partial charge in [-0.1, -0.05) is 19.4 Å². The molecule has 1 N–H and O–H groups in total. The third-order valence-electron chi connectivity index (χ3n) is 5.01. The van der Waals surface area contributed by atoms with Gasteiger partial charge in [0.15, 0.2) is 0 Å². The van der Waals surface area contributed by atoms with Crippen LogP contribution in [-0.2, 0) is 9.59 Å². The van der Waals surface area contributed by atoms with Crippen molar-refractivity contribution in [1.29, 1.82) is 0 Å². The predicted molar refractivity (Wildman–Crippen MR) is 99.6 cm³/mol. The van der Waals surface area contributed by atoms with Crippen LogP contribution < -0.4 is 10.1 Å². The van der Waals surface area contributed by atoms with Gasteiger partial charge in [0.1, 0.15) is 5.75 Å². The lowest BCUT2D eigenvalue weighted by atomic mass is 9.81. The van der Waals surface area contributed by atoms with Crippen LogP contribution in [0.3, 0.4) is 0 Å². The Kier molecular flexibility index (Phi) is 7.29. The van der Waals surface area contributed by atoms with Crippen molar-refractivity contribution in [3.8, 4) is 5.75 Å². The van der Waals surface area contributed by atoms with Crippen LogP contribution in [0.15, 0.2) is 24.3 Å². The number of amides is 2. The fourth-order valence-corrected chi connectivity index (χ4v) is 3.36. The molecule has 1 saturated carbocycles. The number of carbonyl (C=O) groups is 2. The summed E-state index contributed by atoms with van der Waals surface area (Å²) < 4.78 is 5.18. The van der Waals surface area contributed by atoms with Gasteiger partial charge < -0.3 is 15.0 Å². The van der Waals surface area contributed by atoms with Gasteiger partial charge in [0.2, 0.25) is 11.8 Å². The molecule has 0 unspecified atom stereocenters. The average molecular weight is 346 g/mol. The van der Waals surface area contributed by atoms with E-state index in [1.807, 2.05) is 36.2 Å². The highest BCUT2D eigenvalue weighted by atomic mass is 16.5. The van der Waals surface area contributed by atoms with Crippen molar-refractivity contribution < 1.29 is 14.3 Å². The lowest BCUT2D eigenvalue weighted by Gasteiger charge is -2.30. The van der Waals surface area contributed by atoms with Crippen molar-refractivity contribution in [2.24, 2.45) is 11.8 Å². The second kappa shape index (κ2) is 9.44. The Bertz CT molecular complexity index is 580. The molecule has 1 fully saturated rings. The molecule has 0 radical (unpaired) electrons. The number of benzene rings is 1. The average Bonchev–Trinajstić information content (AvgIpc) is 2.65. The number of ether oxygens (including phenoxy) is 1. The first kappa shape index (κ1) is 19.3. The standard InChI is InChI=1S/C20H30N2O3/c1-4-5-13-22(2)20(24)16-11-9-15(10-12-16)19(23)21-17-7-6-8-18(14-17)25-3/h6-8,14-16H,4-5,9-13H2,1-3H3,(H,21,23). The van der Waals surface area contributed by atoms with Gasteiger partial charge in [-0.25, -0.2) is 0 Å². The number of unbranched alkanes of at least 4 members (excludes halogenated alkanes) is 1. The number of hydrogen-bond acceptors (Lipinski definition) is 3. The van der Waals surface area contributed by atoms with Crippen LogP contribution in [0.25, 0.3) is 0 Å². The number of methoxy groups -OCH3 is 1. The molecule has 2 amide bonds. The van der Waals surface area contributed by atoms with Gasteiger partial charge in [0, 0.05) is 37.2 Å². The Morgan fingerprint density at radius 2 is 1.88 bits per heavy atom. The minimum atomic E-state index is -0.0174. The maximum Gasteiger partial charge on any atom is 0.227 e. The highest BCUT2D eigenvalue weighted by Gasteiger charge is 2.31. The molecule has 1 aliphatic rings. The minimum Gasteiger partial charge on any atom is -0.497 e. The molecular weight excluding hydrogens is 316 g/mol. The van der Waals surface area contributed by atoms with Crippen molar-refractivity contribution in [2.45, 2.75) is 45.4 Å². The second-order valence-corrected chi connectivity index (χ2v) is 6.88. The molecule has 0 saturated heterocycles. The second-order valence-electron chi connectivity index (χ2n) is 6.88. The van der Waals surface area contributed by atoms with Gasteiger partial charge in [-0.3, -0.25) is 9.59 Å². The van der Waals surface area contributed by atoms with E-state index in [1.165, 1.54) is 0 Å². The number of rotatable bonds is 7. The van der Waals surface area contributed by atoms with Crippen molar-refractivity contribution in [3.05, 3.63) is 24.3 Å². The third-order valence-corrected chi connectivity index (χ3v) is 5.01. The molecule has 1 aromatic carbocycles. The Hall–Kier alpha value is -2.04. The smallest absolute Gasteiger partial charge is 0.227 e. The summed E-state index contributed by atoms with van der Waals surface area (Å²) in [6, 6.07) is 7.38. The van der Waals surface area contributed by atoms with E-state index < -0.39 is 0 Å². The summed E-state index contributed by atoms with van der Waals surface area (Å²) in [5.74, 6) is 1.06. The van der Waals surface area contributed by atoms with E-state index in [4.69, 9.17) is 4.74 Å². The van der Waals surface area contributed by atoms with E-state index in [1.54, 1.807) is 7.11 Å². The van der Waals surface area contributed by atoms with E-state index in [9.17, 15) is 9.59 Å². The van der Waals surface area contributed by atoms with Gasteiger partial charge in [0.25, 0.3) is 0 Å². The molecule has 138 valence electrons. The third kappa shape index (κ3) is 5.48. The van der Waals surface area contributed by atoms with E-state index in [0.29, 0.717) is 0 Å². The Morgan fingerprint density at radius 1 is 1.20 bits per heavy atom. The van der Waals surface area contributed by atoms with Crippen LogP contribution in [0.4, 0.5) is 5.69 Å². The summed E-state index contributed by atoms with van der Waals surface area (Å²) in [6.07, 6.45) is 5.27. The van der Waals surface area contributed by atoms with Crippen LogP contribution in [0.2, 0.25) is 0 Å². The monoisotopic (exact) mass is 346 g/mol. The van der Waals surface area contributed by atoms with Gasteiger partial charge in [-0.15, -0.1) is 0 Å². The van der Waals surface area contributed by atoms with Crippen LogP contribution in [-0.4, -0.2) is 37.4 Å². The molecule has 5 heteroatoms. The Labute approximate surface area is 150 Å². The van der Waals surface area contributed by atoms with Gasteiger partial charge >= 0.3 is 0 Å². The molecule has 2 rings (SSSR count). The molecule has 1 aromatic rings. The predicted octanol–water partition coefficient (Wildman–Crippen LogP) is 3.70. The summed E-state index contributed by atoms with van der Waals surface area (Å²) in [5.41, 5.74) is 0.752. The number of nitrogens with zero attached hydrogens (tertiary/aromatic N) is 1. The van der Waals surface area contributed by atoms with Crippen molar-refractivity contribution in [2.75, 3.05) is 26.0 Å². The zero-order valence-electron chi connectivity index (χ0n) is 15.6. The number of nitrogens with one attached hydrogen (secondary N) is 1. The molecule has 1 aliphatic carbocycles. The first-order valence-corrected chi connectivity index (χ1v) is 9.25. The van der Waals surface area contributed by atoms with Crippen molar-refractivity contribution in [1.82, 2.24) is 4.90 Å². The van der Waals surface area contributed by atoms with Gasteiger partial charge in [0.05, 0.1) is 7.11 Å². The fourth-order valence-electron chi connectivity index (χ4n) is 3.36. The highest BCUT2D eigenvalue weighted by molar-refractivity contribution is 5.93. The molecule has 0 atom stereocenters. The zero-order valence-corrected chi connectivity index (χ0v) is 15.6. The summed E-state index contributed by atoms with van der Waals surface area (Å²) in [7, 11) is 3.50. The van der Waals surface area contributed by atoms with Crippen LogP contribution >= 0.6 is 0 Å². The zero-order chi connectivity index (χ0) is 18.2. The van der Waals surface area contributed by atoms with Crippen LogP contribution in [0, 0.1) is 11.8 Å². The lowest BCUT2D eigenvalue weighted by molar-refractivity contribution is -0.136. The fraction of sp³-hybridized carbons (Fsp3) is 0.600. The van der Waals surface area contributed by atoms with Gasteiger partial charge in [-0.05, 0) is 44.2 Å². The van der Waals surface area contributed by atoms with Crippen molar-refractivity contribution in [3.63, 3.8) is 0 Å². The first-order valence-electron chi connectivity index (χ1n) is 9.25. The Morgan fingerprint density at radius 3 is 2.52 bits per heavy atom. The maximum atomic E-state index is 12.5. The van der Waals surface area contributed by atoms with E-state index in [0.717, 1.165) is 56.5 Å². The van der Waals surface area contributed by atoms with E-state index in [-0.39, 0.29) is 23.7 Å². The quantitative estimate of drug-likeness (QED) is 0.819. The van der Waals surface area contributed by atoms with Crippen molar-refractivity contribution >= 4 is 17.5 Å². The summed E-state index contributed by atoms with van der Waals surface area (Å²) >= 11 is 0. The molecular formula is C20H30N2O3. The molecule has 0 bridgehead atoms. The normalized spacial score (nSPS) is 20.0. The molecule has 0 aliphatic heterocycles. The number of anilines is 1. The minimum absolute atomic E-state index is 0.0174. The van der Waals surface area contributed by atoms with E-state index >= 15 is 0 Å². The topological polar surface area (TPSA) is 58.6 Å². The Balaban J connectivity index is 1.82. The van der Waals surface area contributed by atoms with Gasteiger partial charge in [-0.2, -0.15) is 0 Å². The summed E-state index contributed by atoms with van der Waals surface area (Å²) in [4.78, 5) is 26.8. The number of hydrogen-bond donors (Lipinski definition) is 1. The van der Waals surface area contributed by atoms with Crippen LogP contribution in [0.5, 0.6) is 5.75 Å². The van der Waals surface area contributed by atoms with Crippen LogP contribution in [0.1, 0.15) is 45.4 Å². The lowest BCUT2D eigenvalue weighted by Crippen LogP contribution is -2.37. The molecule has 0 heterocycles. The highest BCUT2D eigenvalue weighted by Crippen LogP contribution is 2.31. The molecule has 25 heavy (non-hydrogen) atoms. The largest absolute Gasteiger partial charge is 0.497 e. The SMILES string of the molecule is CCCCN(C)C(=O)C1CCC(C(=O)Nc2cccc(OC)c2)CC1. The first-order chi connectivity index (χ1) is 12.0. The molecule has 0 spiro atoms. The maximum absolute atomic E-state index is 12.5. The number of carbonyl (C=O) groups excluding carboxylic acids is 2. The van der Waals surface area contributed by atoms with E-state index in [2.05, 4.69) is 12.2 Å². The molecule has 0 aromatic heterocycles.